The van der Waals surface area contributed by atoms with Crippen molar-refractivity contribution in [3.05, 3.63) is 22.3 Å². The summed E-state index contributed by atoms with van der Waals surface area (Å²) >= 11 is 0. The third-order valence-electron chi connectivity index (χ3n) is 5.46. The maximum absolute atomic E-state index is 12.1. The molecule has 4 nitrogen and oxygen atoms in total. The van der Waals surface area contributed by atoms with Gasteiger partial charge in [-0.3, -0.25) is 9.69 Å². The summed E-state index contributed by atoms with van der Waals surface area (Å²) in [6.07, 6.45) is 4.84. The minimum Gasteiger partial charge on any atom is -0.492 e. The van der Waals surface area contributed by atoms with E-state index in [1.807, 2.05) is 25.9 Å². The van der Waals surface area contributed by atoms with Crippen LogP contribution in [0.3, 0.4) is 0 Å². The van der Waals surface area contributed by atoms with Crippen molar-refractivity contribution in [3.63, 3.8) is 0 Å². The molecule has 2 aliphatic rings. The van der Waals surface area contributed by atoms with Gasteiger partial charge in [0.25, 0.3) is 0 Å². The fraction of sp³-hybridized carbons (Fsp3) is 0.632. The molecular formula is C19H27NO3. The van der Waals surface area contributed by atoms with Gasteiger partial charge in [-0.05, 0) is 70.8 Å². The van der Waals surface area contributed by atoms with E-state index in [9.17, 15) is 4.79 Å². The van der Waals surface area contributed by atoms with Crippen LogP contribution in [0.25, 0.3) is 0 Å². The predicted molar refractivity (Wildman–Crippen MR) is 90.3 cm³/mol. The monoisotopic (exact) mass is 317 g/mol. The first-order valence-corrected chi connectivity index (χ1v) is 8.44. The molecule has 3 rings (SSSR count). The average Bonchev–Trinajstić information content (AvgIpc) is 2.46. The van der Waals surface area contributed by atoms with E-state index in [-0.39, 0.29) is 12.5 Å². The average molecular weight is 317 g/mol. The van der Waals surface area contributed by atoms with Crippen molar-refractivity contribution >= 4 is 5.97 Å². The van der Waals surface area contributed by atoms with Crippen LogP contribution in [0.2, 0.25) is 0 Å². The number of hydrogen-bond donors (Lipinski definition) is 0. The largest absolute Gasteiger partial charge is 0.492 e. The molecule has 1 heterocycles. The maximum Gasteiger partial charge on any atom is 0.325 e. The van der Waals surface area contributed by atoms with Gasteiger partial charge in [-0.1, -0.05) is 6.42 Å². The van der Waals surface area contributed by atoms with E-state index in [0.29, 0.717) is 5.41 Å². The molecule has 1 fully saturated rings. The molecule has 0 N–H and O–H groups in total. The highest BCUT2D eigenvalue weighted by Crippen LogP contribution is 2.51. The van der Waals surface area contributed by atoms with Crippen molar-refractivity contribution in [3.8, 4) is 11.5 Å². The molecule has 0 unspecified atom stereocenters. The van der Waals surface area contributed by atoms with Crippen molar-refractivity contribution in [1.29, 1.82) is 0 Å². The minimum atomic E-state index is -0.212. The number of benzene rings is 1. The lowest BCUT2D eigenvalue weighted by molar-refractivity contribution is -0.135. The van der Waals surface area contributed by atoms with Crippen molar-refractivity contribution < 1.29 is 14.3 Å². The Labute approximate surface area is 138 Å². The Balaban J connectivity index is 1.96. The predicted octanol–water partition coefficient (Wildman–Crippen LogP) is 3.18. The van der Waals surface area contributed by atoms with Crippen molar-refractivity contribution in [1.82, 2.24) is 4.90 Å². The fourth-order valence-corrected chi connectivity index (χ4v) is 3.77. The number of ether oxygens (including phenoxy) is 2. The molecule has 0 aromatic heterocycles. The number of esters is 1. The third-order valence-corrected chi connectivity index (χ3v) is 5.46. The van der Waals surface area contributed by atoms with Gasteiger partial charge in [-0.15, -0.1) is 0 Å². The zero-order chi connectivity index (χ0) is 16.8. The summed E-state index contributed by atoms with van der Waals surface area (Å²) in [5.41, 5.74) is 4.75. The molecule has 0 bridgehead atoms. The van der Waals surface area contributed by atoms with Crippen LogP contribution in [0.4, 0.5) is 0 Å². The molecule has 1 aromatic carbocycles. The molecule has 0 saturated heterocycles. The van der Waals surface area contributed by atoms with Crippen LogP contribution in [0, 0.1) is 26.2 Å². The number of likely N-dealkylation sites (N-methyl/N-ethyl adjacent to an activating group) is 1. The van der Waals surface area contributed by atoms with Gasteiger partial charge >= 0.3 is 5.97 Å². The van der Waals surface area contributed by atoms with Gasteiger partial charge in [0.05, 0.1) is 13.2 Å². The van der Waals surface area contributed by atoms with E-state index in [4.69, 9.17) is 9.47 Å². The Morgan fingerprint density at radius 3 is 2.43 bits per heavy atom. The van der Waals surface area contributed by atoms with E-state index < -0.39 is 0 Å². The molecule has 1 saturated carbocycles. The Bertz CT molecular complexity index is 645. The lowest BCUT2D eigenvalue weighted by atomic mass is 9.64. The summed E-state index contributed by atoms with van der Waals surface area (Å²) in [6.45, 7) is 7.26. The lowest BCUT2D eigenvalue weighted by Crippen LogP contribution is -2.41. The molecule has 1 aromatic rings. The molecule has 126 valence electrons. The smallest absolute Gasteiger partial charge is 0.325 e. The molecule has 1 aliphatic carbocycles. The van der Waals surface area contributed by atoms with Gasteiger partial charge in [0.1, 0.15) is 11.5 Å². The standard InChI is InChI=1S/C19H27NO3/c1-12-13(2)18-15(9-19(11-22-18)7-6-8-19)14(3)17(12)23-16(21)10-20(4)5/h6-11H2,1-5H3. The van der Waals surface area contributed by atoms with Crippen LogP contribution in [0.1, 0.15) is 41.5 Å². The summed E-state index contributed by atoms with van der Waals surface area (Å²) in [5, 5.41) is 0. The third kappa shape index (κ3) is 2.85. The van der Waals surface area contributed by atoms with E-state index in [2.05, 4.69) is 13.8 Å². The zero-order valence-electron chi connectivity index (χ0n) is 14.9. The number of rotatable bonds is 3. The molecule has 0 radical (unpaired) electrons. The van der Waals surface area contributed by atoms with Crippen LogP contribution in [0.5, 0.6) is 11.5 Å². The number of carbonyl (C=O) groups excluding carboxylic acids is 1. The second kappa shape index (κ2) is 5.82. The zero-order valence-corrected chi connectivity index (χ0v) is 14.9. The van der Waals surface area contributed by atoms with Crippen LogP contribution in [-0.2, 0) is 11.2 Å². The highest BCUT2D eigenvalue weighted by atomic mass is 16.5. The Hall–Kier alpha value is -1.55. The molecule has 1 aliphatic heterocycles. The number of carbonyl (C=O) groups is 1. The topological polar surface area (TPSA) is 38.8 Å². The molecule has 0 atom stereocenters. The quantitative estimate of drug-likeness (QED) is 0.634. The first-order chi connectivity index (χ1) is 10.8. The summed E-state index contributed by atoms with van der Waals surface area (Å²) in [4.78, 5) is 13.9. The van der Waals surface area contributed by atoms with Gasteiger partial charge in [-0.25, -0.2) is 0 Å². The van der Waals surface area contributed by atoms with E-state index >= 15 is 0 Å². The Morgan fingerprint density at radius 2 is 1.87 bits per heavy atom. The summed E-state index contributed by atoms with van der Waals surface area (Å²) in [5.74, 6) is 1.54. The van der Waals surface area contributed by atoms with Crippen molar-refractivity contribution in [2.75, 3.05) is 27.2 Å². The van der Waals surface area contributed by atoms with Crippen LogP contribution in [-0.4, -0.2) is 38.1 Å². The molecule has 4 heteroatoms. The highest BCUT2D eigenvalue weighted by Gasteiger charge is 2.42. The first kappa shape index (κ1) is 16.3. The SMILES string of the molecule is Cc1c(C)c2c(c(C)c1OC(=O)CN(C)C)CC1(CCC1)CO2. The number of hydrogen-bond acceptors (Lipinski definition) is 4. The molecule has 23 heavy (non-hydrogen) atoms. The molecular weight excluding hydrogens is 290 g/mol. The Morgan fingerprint density at radius 1 is 1.17 bits per heavy atom. The lowest BCUT2D eigenvalue weighted by Gasteiger charge is -2.46. The number of fused-ring (bicyclic) bond motifs is 1. The van der Waals surface area contributed by atoms with Gasteiger partial charge in [-0.2, -0.15) is 0 Å². The van der Waals surface area contributed by atoms with Gasteiger partial charge in [0.15, 0.2) is 0 Å². The normalized spacial score (nSPS) is 18.3. The van der Waals surface area contributed by atoms with Crippen LogP contribution >= 0.6 is 0 Å². The van der Waals surface area contributed by atoms with E-state index in [0.717, 1.165) is 41.2 Å². The first-order valence-electron chi connectivity index (χ1n) is 8.44. The fourth-order valence-electron chi connectivity index (χ4n) is 3.77. The van der Waals surface area contributed by atoms with E-state index in [1.165, 1.54) is 24.8 Å². The van der Waals surface area contributed by atoms with Crippen LogP contribution in [0.15, 0.2) is 0 Å². The molecule has 0 amide bonds. The Kier molecular flexibility index (Phi) is 4.13. The second-order valence-electron chi connectivity index (χ2n) is 7.54. The number of nitrogens with zero attached hydrogens (tertiary/aromatic N) is 1. The maximum atomic E-state index is 12.1. The van der Waals surface area contributed by atoms with Crippen molar-refractivity contribution in [2.45, 2.75) is 46.5 Å². The second-order valence-corrected chi connectivity index (χ2v) is 7.54. The van der Waals surface area contributed by atoms with Crippen molar-refractivity contribution in [2.24, 2.45) is 5.41 Å². The summed E-state index contributed by atoms with van der Waals surface area (Å²) < 4.78 is 11.9. The molecule has 1 spiro atoms. The summed E-state index contributed by atoms with van der Waals surface area (Å²) in [7, 11) is 3.74. The minimum absolute atomic E-state index is 0.212. The highest BCUT2D eigenvalue weighted by molar-refractivity contribution is 5.76. The van der Waals surface area contributed by atoms with Gasteiger partial charge < -0.3 is 9.47 Å². The van der Waals surface area contributed by atoms with Gasteiger partial charge in [0.2, 0.25) is 0 Å². The van der Waals surface area contributed by atoms with Crippen LogP contribution < -0.4 is 9.47 Å². The van der Waals surface area contributed by atoms with E-state index in [1.54, 1.807) is 0 Å². The van der Waals surface area contributed by atoms with Gasteiger partial charge in [0, 0.05) is 11.0 Å². The summed E-state index contributed by atoms with van der Waals surface area (Å²) in [6, 6.07) is 0.